The molecule has 0 saturated carbocycles. The lowest BCUT2D eigenvalue weighted by atomic mass is 9.65. The number of pyridine rings is 1. The van der Waals surface area contributed by atoms with Crippen LogP contribution in [-0.4, -0.2) is 4.98 Å². The van der Waals surface area contributed by atoms with E-state index in [0.29, 0.717) is 5.69 Å². The van der Waals surface area contributed by atoms with Gasteiger partial charge in [-0.1, -0.05) is 152 Å². The van der Waals surface area contributed by atoms with Gasteiger partial charge in [0.25, 0.3) is 0 Å². The van der Waals surface area contributed by atoms with Crippen LogP contribution in [0.4, 0.5) is 5.69 Å². The van der Waals surface area contributed by atoms with E-state index < -0.39 is 5.41 Å². The molecule has 0 radical (unpaired) electrons. The summed E-state index contributed by atoms with van der Waals surface area (Å²) in [6, 6.07) is 59.3. The first kappa shape index (κ1) is 27.5. The molecule has 0 saturated heterocycles. The number of fused-ring (bicyclic) bond motifs is 14. The van der Waals surface area contributed by atoms with Gasteiger partial charge in [0.2, 0.25) is 0 Å². The van der Waals surface area contributed by atoms with Crippen molar-refractivity contribution < 1.29 is 0 Å². The van der Waals surface area contributed by atoms with Crippen LogP contribution in [0.5, 0.6) is 0 Å². The summed E-state index contributed by atoms with van der Waals surface area (Å²) in [4.78, 5) is 8.43. The number of nitrogens with zero attached hydrogens (tertiary/aromatic N) is 2. The fourth-order valence-electron chi connectivity index (χ4n) is 8.48. The van der Waals surface area contributed by atoms with E-state index in [1.807, 2.05) is 30.5 Å². The van der Waals surface area contributed by atoms with Gasteiger partial charge >= 0.3 is 0 Å². The Kier molecular flexibility index (Phi) is 5.89. The maximum atomic E-state index is 7.29. The average molecular weight is 621 g/mol. The molecule has 1 aromatic heterocycles. The zero-order valence-electron chi connectivity index (χ0n) is 26.6. The van der Waals surface area contributed by atoms with E-state index in [4.69, 9.17) is 11.6 Å². The fraction of sp³-hybridized carbons (Fsp3) is 0.0213. The van der Waals surface area contributed by atoms with E-state index in [9.17, 15) is 0 Å². The summed E-state index contributed by atoms with van der Waals surface area (Å²) in [6.07, 6.45) is 1.98. The van der Waals surface area contributed by atoms with Gasteiger partial charge in [-0.25, -0.2) is 4.85 Å². The van der Waals surface area contributed by atoms with E-state index in [0.717, 1.165) is 22.4 Å². The maximum absolute atomic E-state index is 7.29. The third-order valence-corrected chi connectivity index (χ3v) is 10.6. The van der Waals surface area contributed by atoms with Gasteiger partial charge < -0.3 is 0 Å². The second kappa shape index (κ2) is 10.5. The van der Waals surface area contributed by atoms with Gasteiger partial charge in [0.1, 0.15) is 0 Å². The fourth-order valence-corrected chi connectivity index (χ4v) is 8.48. The molecule has 1 atom stereocenters. The quantitative estimate of drug-likeness (QED) is 0.176. The van der Waals surface area contributed by atoms with Crippen LogP contribution in [0.25, 0.3) is 71.4 Å². The predicted octanol–water partition coefficient (Wildman–Crippen LogP) is 12.1. The SMILES string of the molecule is [C-]#[N+]c1ccc(-c2ccc(-c3ccc4c(c3)C3(c5ccccc5-c5ccccc5-4)c4ccccc4-c4c3ccc3ccccc43)cn2)cc1. The van der Waals surface area contributed by atoms with Crippen molar-refractivity contribution in [3.05, 3.63) is 204 Å². The number of aromatic nitrogens is 1. The first-order chi connectivity index (χ1) is 24.3. The molecule has 1 unspecified atom stereocenters. The third kappa shape index (κ3) is 3.85. The van der Waals surface area contributed by atoms with Crippen LogP contribution < -0.4 is 0 Å². The number of rotatable bonds is 2. The normalized spacial score (nSPS) is 15.0. The Morgan fingerprint density at radius 2 is 1.06 bits per heavy atom. The highest BCUT2D eigenvalue weighted by Crippen LogP contribution is 2.62. The third-order valence-electron chi connectivity index (χ3n) is 10.6. The first-order valence-corrected chi connectivity index (χ1v) is 16.7. The highest BCUT2D eigenvalue weighted by atomic mass is 14.7. The maximum Gasteiger partial charge on any atom is 0.187 e. The second-order valence-electron chi connectivity index (χ2n) is 12.9. The summed E-state index contributed by atoms with van der Waals surface area (Å²) >= 11 is 0. The Hall–Kier alpha value is -6.56. The van der Waals surface area contributed by atoms with Crippen LogP contribution in [0.3, 0.4) is 0 Å². The van der Waals surface area contributed by atoms with Crippen LogP contribution in [0, 0.1) is 6.57 Å². The molecule has 0 fully saturated rings. The molecule has 0 bridgehead atoms. The molecule has 2 nitrogen and oxygen atoms in total. The molecule has 2 aliphatic carbocycles. The zero-order chi connectivity index (χ0) is 32.5. The molecule has 2 heteroatoms. The summed E-state index contributed by atoms with van der Waals surface area (Å²) in [5.41, 5.74) is 17.0. The van der Waals surface area contributed by atoms with E-state index in [-0.39, 0.29) is 0 Å². The molecule has 2 aliphatic rings. The summed E-state index contributed by atoms with van der Waals surface area (Å²) in [5.74, 6) is 0. The minimum Gasteiger partial charge on any atom is -0.256 e. The summed E-state index contributed by atoms with van der Waals surface area (Å²) < 4.78 is 0. The zero-order valence-corrected chi connectivity index (χ0v) is 26.6. The van der Waals surface area contributed by atoms with Crippen molar-refractivity contribution >= 4 is 16.5 Å². The van der Waals surface area contributed by atoms with Gasteiger partial charge in [-0.2, -0.15) is 0 Å². The molecule has 0 amide bonds. The van der Waals surface area contributed by atoms with Gasteiger partial charge in [-0.05, 0) is 89.7 Å². The van der Waals surface area contributed by atoms with Crippen LogP contribution in [0.2, 0.25) is 0 Å². The summed E-state index contributed by atoms with van der Waals surface area (Å²) in [7, 11) is 0. The topological polar surface area (TPSA) is 17.2 Å². The van der Waals surface area contributed by atoms with Gasteiger partial charge in [0.05, 0.1) is 17.7 Å². The molecule has 49 heavy (non-hydrogen) atoms. The second-order valence-corrected chi connectivity index (χ2v) is 12.9. The molecule has 1 heterocycles. The Balaban J connectivity index is 1.28. The van der Waals surface area contributed by atoms with Crippen molar-refractivity contribution in [2.45, 2.75) is 5.41 Å². The van der Waals surface area contributed by atoms with Gasteiger partial charge in [0, 0.05) is 11.8 Å². The minimum atomic E-state index is -0.547. The van der Waals surface area contributed by atoms with Gasteiger partial charge in [-0.15, -0.1) is 0 Å². The van der Waals surface area contributed by atoms with E-state index in [1.54, 1.807) is 0 Å². The molecule has 0 aliphatic heterocycles. The van der Waals surface area contributed by atoms with Gasteiger partial charge in [-0.3, -0.25) is 4.98 Å². The number of hydrogen-bond acceptors (Lipinski definition) is 1. The van der Waals surface area contributed by atoms with E-state index in [1.165, 1.54) is 66.4 Å². The molecule has 10 rings (SSSR count). The molecule has 7 aromatic carbocycles. The molecular formula is C47H28N2. The molecule has 0 N–H and O–H groups in total. The van der Waals surface area contributed by atoms with E-state index >= 15 is 0 Å². The van der Waals surface area contributed by atoms with Crippen molar-refractivity contribution in [1.29, 1.82) is 0 Å². The lowest BCUT2D eigenvalue weighted by molar-refractivity contribution is 0.776. The van der Waals surface area contributed by atoms with Crippen molar-refractivity contribution in [1.82, 2.24) is 4.98 Å². The van der Waals surface area contributed by atoms with Crippen LogP contribution in [0.1, 0.15) is 22.3 Å². The monoisotopic (exact) mass is 620 g/mol. The van der Waals surface area contributed by atoms with Crippen molar-refractivity contribution in [2.24, 2.45) is 0 Å². The molecule has 8 aromatic rings. The standard InChI is InChI=1S/C47H28N2/c1-48-34-23-18-31(19-24-34)45-27-22-33(29-49-45)32-20-25-39-37-13-5-4-12-36(37)38-14-6-8-16-41(38)47(44(39)28-32)42-17-9-7-15-40(42)46-35-11-3-2-10-30(35)21-26-43(46)47/h2-29H. The highest BCUT2D eigenvalue weighted by Gasteiger charge is 2.50. The smallest absolute Gasteiger partial charge is 0.187 e. The molecule has 226 valence electrons. The lowest BCUT2D eigenvalue weighted by Crippen LogP contribution is -2.29. The Labute approximate surface area is 285 Å². The van der Waals surface area contributed by atoms with Crippen LogP contribution >= 0.6 is 0 Å². The molecular weight excluding hydrogens is 593 g/mol. The van der Waals surface area contributed by atoms with Crippen molar-refractivity contribution in [3.8, 4) is 55.8 Å². The average Bonchev–Trinajstić information content (AvgIpc) is 3.43. The Morgan fingerprint density at radius 3 is 1.80 bits per heavy atom. The highest BCUT2D eigenvalue weighted by molar-refractivity contribution is 6.06. The Morgan fingerprint density at radius 1 is 0.449 bits per heavy atom. The number of benzene rings is 7. The van der Waals surface area contributed by atoms with Crippen molar-refractivity contribution in [3.63, 3.8) is 0 Å². The lowest BCUT2D eigenvalue weighted by Gasteiger charge is -2.35. The van der Waals surface area contributed by atoms with Crippen molar-refractivity contribution in [2.75, 3.05) is 0 Å². The number of hydrogen-bond donors (Lipinski definition) is 0. The van der Waals surface area contributed by atoms with Crippen LogP contribution in [-0.2, 0) is 5.41 Å². The first-order valence-electron chi connectivity index (χ1n) is 16.7. The summed E-state index contributed by atoms with van der Waals surface area (Å²) in [6.45, 7) is 7.29. The van der Waals surface area contributed by atoms with Crippen LogP contribution in [0.15, 0.2) is 170 Å². The Bertz CT molecular complexity index is 2660. The largest absolute Gasteiger partial charge is 0.256 e. The van der Waals surface area contributed by atoms with Gasteiger partial charge in [0.15, 0.2) is 5.69 Å². The molecule has 1 spiro atoms. The van der Waals surface area contributed by atoms with E-state index in [2.05, 4.69) is 144 Å². The predicted molar refractivity (Wildman–Crippen MR) is 201 cm³/mol. The summed E-state index contributed by atoms with van der Waals surface area (Å²) in [5, 5.41) is 2.53. The minimum absolute atomic E-state index is 0.547.